The molecule has 246 valence electrons. The molecule has 0 radical (unpaired) electrons. The van der Waals surface area contributed by atoms with Crippen LogP contribution in [-0.4, -0.2) is 44.0 Å². The first-order valence-corrected chi connectivity index (χ1v) is 19.2. The van der Waals surface area contributed by atoms with Crippen LogP contribution in [0, 0.1) is 36.0 Å². The van der Waals surface area contributed by atoms with Crippen LogP contribution >= 0.6 is 11.3 Å². The Morgan fingerprint density at radius 1 is 1.04 bits per heavy atom. The molecule has 0 spiro atoms. The van der Waals surface area contributed by atoms with Crippen molar-refractivity contribution in [1.29, 1.82) is 0 Å². The van der Waals surface area contributed by atoms with Crippen molar-refractivity contribution in [3.05, 3.63) is 82.7 Å². The van der Waals surface area contributed by atoms with Gasteiger partial charge in [0.2, 0.25) is 11.4 Å². The summed E-state index contributed by atoms with van der Waals surface area (Å²) in [5.74, 6) is 13.3. The first kappa shape index (κ1) is 34.7. The Labute approximate surface area is 285 Å². The summed E-state index contributed by atoms with van der Waals surface area (Å²) in [5.41, 5.74) is 3.34. The molecular formula is C36H32N2O7S3. The molecule has 1 aliphatic rings. The molecule has 0 saturated carbocycles. The first-order valence-electron chi connectivity index (χ1n) is 15.2. The number of unbranched alkanes of at least 4 members (excludes halogenated alkanes) is 1. The lowest BCUT2D eigenvalue weighted by Crippen LogP contribution is -2.36. The van der Waals surface area contributed by atoms with Crippen molar-refractivity contribution in [3.63, 3.8) is 0 Å². The zero-order chi connectivity index (χ0) is 34.3. The SMILES string of the molecule is C#CC#CC#Cc1ccc2c(c1)N(CCCCS(=O)(=O)[O-])C(=C/C(=C/c1sc3ccc4ccccc4c3[n+]1CCCS(=O)(=O)O)CC)O2. The summed E-state index contributed by atoms with van der Waals surface area (Å²) >= 11 is 1.58. The number of benzene rings is 3. The van der Waals surface area contributed by atoms with Gasteiger partial charge < -0.3 is 14.2 Å². The van der Waals surface area contributed by atoms with Gasteiger partial charge >= 0.3 is 0 Å². The highest BCUT2D eigenvalue weighted by atomic mass is 32.2. The minimum atomic E-state index is -4.33. The van der Waals surface area contributed by atoms with Gasteiger partial charge in [-0.15, -0.1) is 6.42 Å². The number of hydrogen-bond acceptors (Lipinski definition) is 8. The van der Waals surface area contributed by atoms with Gasteiger partial charge in [0.15, 0.2) is 12.3 Å². The average Bonchev–Trinajstić information content (AvgIpc) is 3.56. The van der Waals surface area contributed by atoms with Crippen molar-refractivity contribution < 1.29 is 35.2 Å². The van der Waals surface area contributed by atoms with E-state index in [9.17, 15) is 25.9 Å². The first-order chi connectivity index (χ1) is 23.0. The molecule has 1 N–H and O–H groups in total. The van der Waals surface area contributed by atoms with Crippen LogP contribution in [0.15, 0.2) is 72.1 Å². The van der Waals surface area contributed by atoms with Gasteiger partial charge in [-0.1, -0.05) is 48.4 Å². The topological polar surface area (TPSA) is 128 Å². The van der Waals surface area contributed by atoms with Gasteiger partial charge in [-0.25, -0.2) is 8.42 Å². The molecule has 48 heavy (non-hydrogen) atoms. The second-order valence-corrected chi connectivity index (χ2v) is 15.1. The molecular weight excluding hydrogens is 669 g/mol. The molecule has 3 aromatic carbocycles. The van der Waals surface area contributed by atoms with Crippen LogP contribution in [0.3, 0.4) is 0 Å². The molecule has 0 saturated heterocycles. The Bertz CT molecular complexity index is 2330. The number of fused-ring (bicyclic) bond motifs is 4. The maximum absolute atomic E-state index is 11.5. The smallest absolute Gasteiger partial charge is 0.265 e. The van der Waals surface area contributed by atoms with E-state index in [0.29, 0.717) is 43.1 Å². The van der Waals surface area contributed by atoms with E-state index in [4.69, 9.17) is 11.2 Å². The standard InChI is InChI=1S/C36H32N2O7S3/c1-3-5-6-7-13-28-16-18-32-31(24-28)37(20-10-11-22-47(39,40)41)34(45-32)25-27(4-2)26-35-38(21-12-23-48(42,43)44)36-30-15-9-8-14-29(30)17-19-33(36)46-35/h1,8-9,14-19,24-26H,4,10-12,20-23H2,2H3,(H-,39,40,41,42,43,44). The Balaban J connectivity index is 1.55. The molecule has 9 nitrogen and oxygen atoms in total. The van der Waals surface area contributed by atoms with E-state index in [-0.39, 0.29) is 18.6 Å². The van der Waals surface area contributed by atoms with E-state index in [2.05, 4.69) is 52.4 Å². The second-order valence-electron chi connectivity index (χ2n) is 11.0. The number of thiazole rings is 1. The summed E-state index contributed by atoms with van der Waals surface area (Å²) in [6.45, 7) is 2.79. The number of anilines is 1. The average molecular weight is 701 g/mol. The number of rotatable bonds is 12. The maximum atomic E-state index is 11.5. The third-order valence-corrected chi connectivity index (χ3v) is 10.3. The van der Waals surface area contributed by atoms with E-state index in [1.165, 1.54) is 0 Å². The normalized spacial score (nSPS) is 13.8. The maximum Gasteiger partial charge on any atom is 0.265 e. The molecule has 0 unspecified atom stereocenters. The molecule has 0 atom stereocenters. The highest BCUT2D eigenvalue weighted by molar-refractivity contribution is 7.85. The molecule has 12 heteroatoms. The fraction of sp³-hybridized carbons (Fsp3) is 0.250. The van der Waals surface area contributed by atoms with Crippen LogP contribution in [0.25, 0.3) is 27.1 Å². The van der Waals surface area contributed by atoms with E-state index in [1.54, 1.807) is 17.4 Å². The van der Waals surface area contributed by atoms with Gasteiger partial charge in [-0.2, -0.15) is 13.0 Å². The quantitative estimate of drug-likeness (QED) is 0.0893. The van der Waals surface area contributed by atoms with Crippen LogP contribution in [0.2, 0.25) is 0 Å². The van der Waals surface area contributed by atoms with Crippen LogP contribution < -0.4 is 14.2 Å². The molecule has 1 aromatic heterocycles. The van der Waals surface area contributed by atoms with Crippen molar-refractivity contribution in [1.82, 2.24) is 0 Å². The molecule has 0 fully saturated rings. The van der Waals surface area contributed by atoms with E-state index in [0.717, 1.165) is 37.3 Å². The molecule has 2 heterocycles. The number of aromatic nitrogens is 1. The van der Waals surface area contributed by atoms with Gasteiger partial charge in [-0.3, -0.25) is 4.55 Å². The van der Waals surface area contributed by atoms with Crippen molar-refractivity contribution in [2.45, 2.75) is 39.2 Å². The van der Waals surface area contributed by atoms with Crippen molar-refractivity contribution in [3.8, 4) is 41.8 Å². The van der Waals surface area contributed by atoms with Gasteiger partial charge in [0.25, 0.3) is 15.1 Å². The van der Waals surface area contributed by atoms with Crippen molar-refractivity contribution >= 4 is 64.3 Å². The molecule has 0 aliphatic carbocycles. The van der Waals surface area contributed by atoms with Crippen LogP contribution in [0.1, 0.15) is 43.2 Å². The highest BCUT2D eigenvalue weighted by Crippen LogP contribution is 2.40. The lowest BCUT2D eigenvalue weighted by Gasteiger charge is -2.19. The molecule has 5 rings (SSSR count). The predicted octanol–water partition coefficient (Wildman–Crippen LogP) is 5.47. The summed E-state index contributed by atoms with van der Waals surface area (Å²) in [5, 5.41) is 3.00. The monoisotopic (exact) mass is 700 g/mol. The zero-order valence-electron chi connectivity index (χ0n) is 26.1. The molecule has 0 bridgehead atoms. The molecule has 1 aliphatic heterocycles. The van der Waals surface area contributed by atoms with E-state index in [1.807, 2.05) is 54.3 Å². The zero-order valence-corrected chi connectivity index (χ0v) is 28.6. The Morgan fingerprint density at radius 2 is 1.85 bits per heavy atom. The third-order valence-electron chi connectivity index (χ3n) is 7.58. The predicted molar refractivity (Wildman–Crippen MR) is 189 cm³/mol. The van der Waals surface area contributed by atoms with Crippen molar-refractivity contribution in [2.75, 3.05) is 23.0 Å². The fourth-order valence-electron chi connectivity index (χ4n) is 5.41. The lowest BCUT2D eigenvalue weighted by molar-refractivity contribution is -0.667. The summed E-state index contributed by atoms with van der Waals surface area (Å²) < 4.78 is 75.6. The van der Waals surface area contributed by atoms with E-state index < -0.39 is 26.0 Å². The number of ether oxygens (including phenoxy) is 1. The minimum Gasteiger partial charge on any atom is -0.748 e. The number of terminal acetylenes is 1. The number of aryl methyl sites for hydroxylation is 1. The minimum absolute atomic E-state index is 0.196. The number of nitrogens with zero attached hydrogens (tertiary/aromatic N) is 2. The second kappa shape index (κ2) is 15.1. The Kier molecular flexibility index (Phi) is 10.9. The summed E-state index contributed by atoms with van der Waals surface area (Å²) in [6.07, 6.45) is 10.6. The van der Waals surface area contributed by atoms with Crippen LogP contribution in [0.4, 0.5) is 5.69 Å². The van der Waals surface area contributed by atoms with Gasteiger partial charge in [0.05, 0.1) is 26.9 Å². The molecule has 4 aromatic rings. The van der Waals surface area contributed by atoms with Crippen LogP contribution in [-0.2, 0) is 26.8 Å². The molecule has 0 amide bonds. The Hall–Kier alpha value is -4.61. The summed E-state index contributed by atoms with van der Waals surface area (Å²) in [7, 11) is -8.46. The van der Waals surface area contributed by atoms with Crippen LogP contribution in [0.5, 0.6) is 5.75 Å². The Morgan fingerprint density at radius 3 is 2.60 bits per heavy atom. The largest absolute Gasteiger partial charge is 0.748 e. The summed E-state index contributed by atoms with van der Waals surface area (Å²) in [6, 6.07) is 17.6. The van der Waals surface area contributed by atoms with E-state index >= 15 is 0 Å². The summed E-state index contributed by atoms with van der Waals surface area (Å²) in [4.78, 5) is 1.94. The highest BCUT2D eigenvalue weighted by Gasteiger charge is 2.27. The number of hydrogen-bond donors (Lipinski definition) is 1. The lowest BCUT2D eigenvalue weighted by atomic mass is 10.1. The van der Waals surface area contributed by atoms with Gasteiger partial charge in [0, 0.05) is 36.4 Å². The fourth-order valence-corrected chi connectivity index (χ4v) is 7.64. The van der Waals surface area contributed by atoms with Crippen molar-refractivity contribution in [2.24, 2.45) is 0 Å². The third kappa shape index (κ3) is 8.84. The van der Waals surface area contributed by atoms with Gasteiger partial charge in [0.1, 0.15) is 4.70 Å². The number of allylic oxidation sites excluding steroid dienone is 2. The van der Waals surface area contributed by atoms with Gasteiger partial charge in [-0.05, 0) is 84.2 Å².